The van der Waals surface area contributed by atoms with Crippen LogP contribution in [0.4, 0.5) is 0 Å². The fourth-order valence-electron chi connectivity index (χ4n) is 2.48. The topological polar surface area (TPSA) is 55.6 Å². The minimum absolute atomic E-state index is 0.823. The van der Waals surface area contributed by atoms with Crippen molar-refractivity contribution in [3.8, 4) is 0 Å². The highest BCUT2D eigenvalue weighted by atomic mass is 15.3. The first kappa shape index (κ1) is 11.3. The van der Waals surface area contributed by atoms with Crippen molar-refractivity contribution in [2.45, 2.75) is 26.3 Å². The molecule has 2 aromatic heterocycles. The van der Waals surface area contributed by atoms with Gasteiger partial charge in [0.05, 0.1) is 11.4 Å². The first-order valence-electron chi connectivity index (χ1n) is 6.26. The summed E-state index contributed by atoms with van der Waals surface area (Å²) in [6.45, 7) is 3.90. The summed E-state index contributed by atoms with van der Waals surface area (Å²) in [6, 6.07) is 2.12. The maximum absolute atomic E-state index is 4.45. The summed E-state index contributed by atoms with van der Waals surface area (Å²) >= 11 is 0. The molecule has 1 N–H and O–H groups in total. The van der Waals surface area contributed by atoms with Crippen molar-refractivity contribution in [2.24, 2.45) is 7.05 Å². The van der Waals surface area contributed by atoms with Crippen molar-refractivity contribution >= 4 is 0 Å². The van der Waals surface area contributed by atoms with Gasteiger partial charge in [-0.15, -0.1) is 0 Å². The Labute approximate surface area is 106 Å². The Hall–Kier alpha value is -1.75. The van der Waals surface area contributed by atoms with Crippen molar-refractivity contribution in [2.75, 3.05) is 6.54 Å². The highest BCUT2D eigenvalue weighted by Crippen LogP contribution is 2.17. The number of aryl methyl sites for hydroxylation is 2. The minimum Gasteiger partial charge on any atom is -0.312 e. The van der Waals surface area contributed by atoms with E-state index in [4.69, 9.17) is 0 Å². The lowest BCUT2D eigenvalue weighted by Crippen LogP contribution is -2.26. The van der Waals surface area contributed by atoms with Crippen LogP contribution in [0.1, 0.15) is 28.3 Å². The molecule has 0 bridgehead atoms. The van der Waals surface area contributed by atoms with Gasteiger partial charge in [-0.1, -0.05) is 0 Å². The second kappa shape index (κ2) is 4.49. The van der Waals surface area contributed by atoms with Gasteiger partial charge in [0.2, 0.25) is 0 Å². The molecule has 0 amide bonds. The molecule has 0 aromatic carbocycles. The van der Waals surface area contributed by atoms with Gasteiger partial charge in [-0.05, 0) is 13.0 Å². The van der Waals surface area contributed by atoms with E-state index in [0.717, 1.165) is 37.3 Å². The summed E-state index contributed by atoms with van der Waals surface area (Å²) in [4.78, 5) is 8.82. The molecule has 0 unspecified atom stereocenters. The Morgan fingerprint density at radius 1 is 1.39 bits per heavy atom. The van der Waals surface area contributed by atoms with E-state index < -0.39 is 0 Å². The standard InChI is InChI=1S/C13H17N5/c1-9-5-10(18(2)17-9)6-13-11-7-14-4-3-12(11)15-8-16-13/h5,8,14H,3-4,6-7H2,1-2H3. The Balaban J connectivity index is 1.95. The molecule has 0 aliphatic carbocycles. The molecular formula is C13H17N5. The van der Waals surface area contributed by atoms with Gasteiger partial charge in [0.1, 0.15) is 6.33 Å². The van der Waals surface area contributed by atoms with Crippen LogP contribution in [-0.2, 0) is 26.4 Å². The van der Waals surface area contributed by atoms with Crippen LogP contribution >= 0.6 is 0 Å². The van der Waals surface area contributed by atoms with E-state index in [0.29, 0.717) is 0 Å². The van der Waals surface area contributed by atoms with Gasteiger partial charge in [0.25, 0.3) is 0 Å². The molecule has 2 aromatic rings. The molecule has 0 saturated heterocycles. The largest absolute Gasteiger partial charge is 0.312 e. The van der Waals surface area contributed by atoms with Crippen molar-refractivity contribution in [3.05, 3.63) is 40.7 Å². The summed E-state index contributed by atoms with van der Waals surface area (Å²) in [5, 5.41) is 7.76. The third kappa shape index (κ3) is 2.01. The zero-order chi connectivity index (χ0) is 12.5. The van der Waals surface area contributed by atoms with Crippen molar-refractivity contribution < 1.29 is 0 Å². The lowest BCUT2D eigenvalue weighted by atomic mass is 10.0. The van der Waals surface area contributed by atoms with E-state index in [1.165, 1.54) is 17.0 Å². The van der Waals surface area contributed by atoms with Crippen LogP contribution in [0.2, 0.25) is 0 Å². The number of aromatic nitrogens is 4. The summed E-state index contributed by atoms with van der Waals surface area (Å²) in [5.41, 5.74) is 5.82. The van der Waals surface area contributed by atoms with Gasteiger partial charge in [-0.2, -0.15) is 5.10 Å². The molecule has 18 heavy (non-hydrogen) atoms. The van der Waals surface area contributed by atoms with E-state index >= 15 is 0 Å². The smallest absolute Gasteiger partial charge is 0.115 e. The molecule has 0 radical (unpaired) electrons. The molecule has 94 valence electrons. The minimum atomic E-state index is 0.823. The van der Waals surface area contributed by atoms with Crippen LogP contribution in [-0.4, -0.2) is 26.3 Å². The fourth-order valence-corrected chi connectivity index (χ4v) is 2.48. The van der Waals surface area contributed by atoms with Crippen LogP contribution in [0.15, 0.2) is 12.4 Å². The zero-order valence-electron chi connectivity index (χ0n) is 10.8. The Kier molecular flexibility index (Phi) is 2.83. The van der Waals surface area contributed by atoms with Crippen molar-refractivity contribution in [1.82, 2.24) is 25.1 Å². The highest BCUT2D eigenvalue weighted by molar-refractivity contribution is 5.30. The average molecular weight is 243 g/mol. The van der Waals surface area contributed by atoms with Gasteiger partial charge in [0, 0.05) is 49.9 Å². The monoisotopic (exact) mass is 243 g/mol. The second-order valence-electron chi connectivity index (χ2n) is 4.75. The quantitative estimate of drug-likeness (QED) is 0.846. The Morgan fingerprint density at radius 3 is 3.06 bits per heavy atom. The number of fused-ring (bicyclic) bond motifs is 1. The maximum Gasteiger partial charge on any atom is 0.115 e. The summed E-state index contributed by atoms with van der Waals surface area (Å²) in [7, 11) is 1.98. The molecule has 5 heteroatoms. The normalized spacial score (nSPS) is 14.6. The Bertz CT molecular complexity index is 573. The predicted molar refractivity (Wildman–Crippen MR) is 68.2 cm³/mol. The number of nitrogens with zero attached hydrogens (tertiary/aromatic N) is 4. The van der Waals surface area contributed by atoms with Gasteiger partial charge < -0.3 is 5.32 Å². The van der Waals surface area contributed by atoms with E-state index in [1.807, 2.05) is 18.7 Å². The molecule has 1 aliphatic heterocycles. The van der Waals surface area contributed by atoms with Crippen LogP contribution in [0.3, 0.4) is 0 Å². The van der Waals surface area contributed by atoms with E-state index in [1.54, 1.807) is 6.33 Å². The maximum atomic E-state index is 4.45. The zero-order valence-corrected chi connectivity index (χ0v) is 10.8. The summed E-state index contributed by atoms with van der Waals surface area (Å²) < 4.78 is 1.93. The fraction of sp³-hybridized carbons (Fsp3) is 0.462. The van der Waals surface area contributed by atoms with Crippen LogP contribution in [0, 0.1) is 6.92 Å². The third-order valence-corrected chi connectivity index (χ3v) is 3.41. The van der Waals surface area contributed by atoms with Crippen LogP contribution < -0.4 is 5.32 Å². The molecule has 0 spiro atoms. The lowest BCUT2D eigenvalue weighted by molar-refractivity contribution is 0.615. The van der Waals surface area contributed by atoms with Gasteiger partial charge in [-0.25, -0.2) is 9.97 Å². The van der Waals surface area contributed by atoms with E-state index in [9.17, 15) is 0 Å². The first-order valence-corrected chi connectivity index (χ1v) is 6.26. The average Bonchev–Trinajstić information content (AvgIpc) is 2.68. The molecule has 0 saturated carbocycles. The Morgan fingerprint density at radius 2 is 2.28 bits per heavy atom. The van der Waals surface area contributed by atoms with Crippen molar-refractivity contribution in [1.29, 1.82) is 0 Å². The SMILES string of the molecule is Cc1cc(Cc2ncnc3c2CNCC3)n(C)n1. The van der Waals surface area contributed by atoms with Gasteiger partial charge in [-0.3, -0.25) is 4.68 Å². The molecule has 3 rings (SSSR count). The van der Waals surface area contributed by atoms with E-state index in [2.05, 4.69) is 26.4 Å². The number of hydrogen-bond acceptors (Lipinski definition) is 4. The second-order valence-corrected chi connectivity index (χ2v) is 4.75. The first-order chi connectivity index (χ1) is 8.74. The van der Waals surface area contributed by atoms with Crippen molar-refractivity contribution in [3.63, 3.8) is 0 Å². The number of nitrogens with one attached hydrogen (secondary N) is 1. The van der Waals surface area contributed by atoms with Gasteiger partial charge in [0.15, 0.2) is 0 Å². The highest BCUT2D eigenvalue weighted by Gasteiger charge is 2.16. The van der Waals surface area contributed by atoms with Crippen LogP contribution in [0.5, 0.6) is 0 Å². The van der Waals surface area contributed by atoms with E-state index in [-0.39, 0.29) is 0 Å². The molecular weight excluding hydrogens is 226 g/mol. The molecule has 0 atom stereocenters. The summed E-state index contributed by atoms with van der Waals surface area (Å²) in [5.74, 6) is 0. The molecule has 5 nitrogen and oxygen atoms in total. The summed E-state index contributed by atoms with van der Waals surface area (Å²) in [6.07, 6.45) is 3.50. The molecule has 3 heterocycles. The van der Waals surface area contributed by atoms with Crippen LogP contribution in [0.25, 0.3) is 0 Å². The number of rotatable bonds is 2. The van der Waals surface area contributed by atoms with Gasteiger partial charge >= 0.3 is 0 Å². The number of hydrogen-bond donors (Lipinski definition) is 1. The lowest BCUT2D eigenvalue weighted by Gasteiger charge is -2.18. The molecule has 0 fully saturated rings. The molecule has 1 aliphatic rings. The third-order valence-electron chi connectivity index (χ3n) is 3.41. The predicted octanol–water partition coefficient (Wildman–Crippen LogP) is 0.755.